The zero-order valence-corrected chi connectivity index (χ0v) is 8.36. The molecule has 15 heavy (non-hydrogen) atoms. The van der Waals surface area contributed by atoms with Gasteiger partial charge in [-0.15, -0.1) is 0 Å². The third kappa shape index (κ3) is 1.79. The number of aldehydes is 1. The van der Waals surface area contributed by atoms with Gasteiger partial charge in [-0.2, -0.15) is 0 Å². The number of hydrogen-bond donors (Lipinski definition) is 0. The quantitative estimate of drug-likeness (QED) is 0.549. The smallest absolute Gasteiger partial charge is 0.159 e. The Balaban J connectivity index is 2.64. The van der Waals surface area contributed by atoms with Gasteiger partial charge in [-0.3, -0.25) is 9.59 Å². The van der Waals surface area contributed by atoms with Crippen molar-refractivity contribution in [3.63, 3.8) is 0 Å². The molecule has 0 bridgehead atoms. The number of rotatable bonds is 2. The lowest BCUT2D eigenvalue weighted by Gasteiger charge is -2.01. The Morgan fingerprint density at radius 3 is 2.40 bits per heavy atom. The lowest BCUT2D eigenvalue weighted by molar-refractivity contribution is 0.101. The van der Waals surface area contributed by atoms with Gasteiger partial charge in [0.25, 0.3) is 0 Å². The molecular weight excluding hydrogens is 188 g/mol. The third-order valence-electron chi connectivity index (χ3n) is 2.41. The van der Waals surface area contributed by atoms with Crippen molar-refractivity contribution < 1.29 is 9.59 Å². The first-order valence-corrected chi connectivity index (χ1v) is 4.70. The summed E-state index contributed by atoms with van der Waals surface area (Å²) in [6.45, 7) is 1.54. The van der Waals surface area contributed by atoms with Gasteiger partial charge < -0.3 is 0 Å². The van der Waals surface area contributed by atoms with Gasteiger partial charge in [0, 0.05) is 11.1 Å². The van der Waals surface area contributed by atoms with Gasteiger partial charge in [-0.25, -0.2) is 0 Å². The van der Waals surface area contributed by atoms with E-state index in [-0.39, 0.29) is 5.78 Å². The lowest BCUT2D eigenvalue weighted by atomic mass is 10.0. The van der Waals surface area contributed by atoms with Crippen LogP contribution in [0.15, 0.2) is 36.4 Å². The first-order chi connectivity index (χ1) is 7.20. The minimum Gasteiger partial charge on any atom is -0.298 e. The van der Waals surface area contributed by atoms with Crippen LogP contribution in [0.4, 0.5) is 0 Å². The van der Waals surface area contributed by atoms with Gasteiger partial charge in [0.05, 0.1) is 0 Å². The van der Waals surface area contributed by atoms with Gasteiger partial charge in [-0.05, 0) is 29.8 Å². The molecule has 0 radical (unpaired) electrons. The molecule has 0 aliphatic heterocycles. The maximum absolute atomic E-state index is 11.2. The molecule has 0 aromatic heterocycles. The first-order valence-electron chi connectivity index (χ1n) is 4.70. The number of hydrogen-bond acceptors (Lipinski definition) is 2. The zero-order chi connectivity index (χ0) is 10.8. The van der Waals surface area contributed by atoms with E-state index in [9.17, 15) is 9.59 Å². The summed E-state index contributed by atoms with van der Waals surface area (Å²) in [7, 11) is 0. The van der Waals surface area contributed by atoms with Crippen molar-refractivity contribution in [2.45, 2.75) is 6.92 Å². The molecule has 0 amide bonds. The highest BCUT2D eigenvalue weighted by Crippen LogP contribution is 2.17. The molecule has 0 spiro atoms. The van der Waals surface area contributed by atoms with Gasteiger partial charge in [-0.1, -0.05) is 24.3 Å². The van der Waals surface area contributed by atoms with Crippen molar-refractivity contribution in [2.24, 2.45) is 0 Å². The van der Waals surface area contributed by atoms with Crippen LogP contribution in [0, 0.1) is 0 Å². The molecule has 0 saturated carbocycles. The second-order valence-corrected chi connectivity index (χ2v) is 3.50. The fourth-order valence-corrected chi connectivity index (χ4v) is 1.56. The number of carbonyl (C=O) groups is 2. The Kier molecular flexibility index (Phi) is 2.34. The standard InChI is InChI=1S/C13H10O2/c1-9(15)11-4-5-12-6-10(8-14)2-3-13(12)7-11/h2-8H,1H3. The van der Waals surface area contributed by atoms with Crippen LogP contribution in [0.3, 0.4) is 0 Å². The van der Waals surface area contributed by atoms with Gasteiger partial charge >= 0.3 is 0 Å². The average Bonchev–Trinajstić information content (AvgIpc) is 2.27. The Morgan fingerprint density at radius 1 is 1.07 bits per heavy atom. The fourth-order valence-electron chi connectivity index (χ4n) is 1.56. The van der Waals surface area contributed by atoms with Crippen LogP contribution in [-0.2, 0) is 0 Å². The van der Waals surface area contributed by atoms with E-state index in [0.717, 1.165) is 17.1 Å². The molecular formula is C13H10O2. The zero-order valence-electron chi connectivity index (χ0n) is 8.36. The van der Waals surface area contributed by atoms with E-state index in [4.69, 9.17) is 0 Å². The summed E-state index contributed by atoms with van der Waals surface area (Å²) >= 11 is 0. The van der Waals surface area contributed by atoms with Crippen LogP contribution in [0.25, 0.3) is 10.8 Å². The Bertz CT molecular complexity index is 541. The summed E-state index contributed by atoms with van der Waals surface area (Å²) in [6.07, 6.45) is 0.818. The molecule has 0 saturated heterocycles. The Labute approximate surface area is 87.5 Å². The second-order valence-electron chi connectivity index (χ2n) is 3.50. The fraction of sp³-hybridized carbons (Fsp3) is 0.0769. The molecule has 0 aliphatic carbocycles. The Morgan fingerprint density at radius 2 is 1.73 bits per heavy atom. The number of ketones is 1. The Hall–Kier alpha value is -1.96. The summed E-state index contributed by atoms with van der Waals surface area (Å²) in [5.41, 5.74) is 1.35. The molecule has 0 atom stereocenters. The van der Waals surface area contributed by atoms with Crippen molar-refractivity contribution in [2.75, 3.05) is 0 Å². The monoisotopic (exact) mass is 198 g/mol. The highest BCUT2D eigenvalue weighted by atomic mass is 16.1. The van der Waals surface area contributed by atoms with E-state index in [1.165, 1.54) is 0 Å². The number of fused-ring (bicyclic) bond motifs is 1. The predicted octanol–water partition coefficient (Wildman–Crippen LogP) is 2.85. The lowest BCUT2D eigenvalue weighted by Crippen LogP contribution is -1.91. The molecule has 2 aromatic rings. The molecule has 2 heteroatoms. The molecule has 0 heterocycles. The van der Waals surface area contributed by atoms with E-state index < -0.39 is 0 Å². The highest BCUT2D eigenvalue weighted by Gasteiger charge is 2.01. The van der Waals surface area contributed by atoms with E-state index >= 15 is 0 Å². The average molecular weight is 198 g/mol. The molecule has 0 fully saturated rings. The highest BCUT2D eigenvalue weighted by molar-refractivity contribution is 5.99. The van der Waals surface area contributed by atoms with E-state index in [2.05, 4.69) is 0 Å². The van der Waals surface area contributed by atoms with Gasteiger partial charge in [0.1, 0.15) is 6.29 Å². The second kappa shape index (κ2) is 3.65. The van der Waals surface area contributed by atoms with Crippen LogP contribution >= 0.6 is 0 Å². The number of benzene rings is 2. The maximum Gasteiger partial charge on any atom is 0.159 e. The van der Waals surface area contributed by atoms with Crippen LogP contribution in [0.2, 0.25) is 0 Å². The minimum absolute atomic E-state index is 0.0522. The number of Topliss-reactive ketones (excluding diaryl/α,β-unsaturated/α-hetero) is 1. The van der Waals surface area contributed by atoms with Crippen molar-refractivity contribution in [1.82, 2.24) is 0 Å². The summed E-state index contributed by atoms with van der Waals surface area (Å²) < 4.78 is 0. The maximum atomic E-state index is 11.2. The molecule has 0 aliphatic rings. The summed E-state index contributed by atoms with van der Waals surface area (Å²) in [4.78, 5) is 21.7. The molecule has 74 valence electrons. The summed E-state index contributed by atoms with van der Waals surface area (Å²) in [5.74, 6) is 0.0522. The van der Waals surface area contributed by atoms with E-state index in [1.807, 2.05) is 24.3 Å². The molecule has 2 nitrogen and oxygen atoms in total. The van der Waals surface area contributed by atoms with Crippen LogP contribution in [-0.4, -0.2) is 12.1 Å². The summed E-state index contributed by atoms with van der Waals surface area (Å²) in [6, 6.07) is 10.9. The minimum atomic E-state index is 0.0522. The van der Waals surface area contributed by atoms with E-state index in [0.29, 0.717) is 11.1 Å². The molecule has 0 unspecified atom stereocenters. The van der Waals surface area contributed by atoms with Crippen LogP contribution < -0.4 is 0 Å². The number of carbonyl (C=O) groups excluding carboxylic acids is 2. The largest absolute Gasteiger partial charge is 0.298 e. The van der Waals surface area contributed by atoms with Gasteiger partial charge in [0.2, 0.25) is 0 Å². The molecule has 0 N–H and O–H groups in total. The van der Waals surface area contributed by atoms with E-state index in [1.54, 1.807) is 19.1 Å². The van der Waals surface area contributed by atoms with Crippen molar-refractivity contribution in [3.05, 3.63) is 47.5 Å². The van der Waals surface area contributed by atoms with Gasteiger partial charge in [0.15, 0.2) is 5.78 Å². The topological polar surface area (TPSA) is 34.1 Å². The van der Waals surface area contributed by atoms with Crippen molar-refractivity contribution >= 4 is 22.8 Å². The van der Waals surface area contributed by atoms with Crippen LogP contribution in [0.1, 0.15) is 27.6 Å². The molecule has 2 rings (SSSR count). The van der Waals surface area contributed by atoms with Crippen molar-refractivity contribution in [1.29, 1.82) is 0 Å². The van der Waals surface area contributed by atoms with Crippen LogP contribution in [0.5, 0.6) is 0 Å². The van der Waals surface area contributed by atoms with Crippen molar-refractivity contribution in [3.8, 4) is 0 Å². The third-order valence-corrected chi connectivity index (χ3v) is 2.41. The first kappa shape index (κ1) is 9.59. The molecule has 2 aromatic carbocycles. The summed E-state index contributed by atoms with van der Waals surface area (Å²) in [5, 5.41) is 1.96. The SMILES string of the molecule is CC(=O)c1ccc2cc(C=O)ccc2c1. The normalized spacial score (nSPS) is 10.2. The predicted molar refractivity (Wildman–Crippen MR) is 59.3 cm³/mol.